The third kappa shape index (κ3) is 4.80. The second-order valence-corrected chi connectivity index (χ2v) is 12.4. The number of carbonyl (C=O) groups is 4. The summed E-state index contributed by atoms with van der Waals surface area (Å²) in [6.45, 7) is 5.50. The minimum Gasteiger partial charge on any atom is -0.381 e. The maximum Gasteiger partial charge on any atom is 0.246 e. The van der Waals surface area contributed by atoms with Gasteiger partial charge in [-0.1, -0.05) is 51.0 Å². The molecule has 2 aliphatic carbocycles. The molecule has 4 aliphatic rings. The second-order valence-electron chi connectivity index (χ2n) is 12.4. The number of carbonyl (C=O) groups excluding carboxylic acids is 4. The third-order valence-electron chi connectivity index (χ3n) is 9.38. The number of ether oxygens (including phenoxy) is 1. The molecular weight excluding hydrogens is 512 g/mol. The molecule has 0 radical (unpaired) electrons. The number of piperidine rings is 1. The summed E-state index contributed by atoms with van der Waals surface area (Å²) in [4.78, 5) is 55.1. The zero-order valence-corrected chi connectivity index (χ0v) is 22.8. The van der Waals surface area contributed by atoms with Crippen LogP contribution in [0.5, 0.6) is 0 Å². The number of nitrogens with zero attached hydrogens (tertiary/aromatic N) is 3. The lowest BCUT2D eigenvalue weighted by Crippen LogP contribution is -2.57. The van der Waals surface area contributed by atoms with Gasteiger partial charge in [0.25, 0.3) is 0 Å². The molecule has 2 saturated heterocycles. The number of likely N-dealkylation sites (tertiary alicyclic amines) is 1. The van der Waals surface area contributed by atoms with E-state index in [1.165, 1.54) is 0 Å². The van der Waals surface area contributed by atoms with Crippen LogP contribution in [-0.2, 0) is 23.9 Å². The van der Waals surface area contributed by atoms with Crippen LogP contribution >= 0.6 is 0 Å². The monoisotopic (exact) mass is 548 g/mol. The molecule has 6 rings (SSSR count). The first-order chi connectivity index (χ1) is 19.2. The van der Waals surface area contributed by atoms with Crippen molar-refractivity contribution in [2.24, 2.45) is 34.8 Å². The number of amides is 4. The zero-order valence-electron chi connectivity index (χ0n) is 22.8. The Bertz CT molecular complexity index is 1350. The van der Waals surface area contributed by atoms with Gasteiger partial charge >= 0.3 is 0 Å². The highest BCUT2D eigenvalue weighted by molar-refractivity contribution is 5.97. The Hall–Kier alpha value is -3.60. The summed E-state index contributed by atoms with van der Waals surface area (Å²) in [5, 5.41) is 15.4. The van der Waals surface area contributed by atoms with Crippen LogP contribution in [0.2, 0.25) is 0 Å². The summed E-state index contributed by atoms with van der Waals surface area (Å²) in [6, 6.07) is 4.60. The number of rotatable bonds is 9. The van der Waals surface area contributed by atoms with Crippen molar-refractivity contribution in [3.8, 4) is 0 Å². The molecule has 11 nitrogen and oxygen atoms in total. The lowest BCUT2D eigenvalue weighted by molar-refractivity contribution is -0.144. The Balaban J connectivity index is 1.25. The molecular formula is C29H36N6O5. The van der Waals surface area contributed by atoms with Crippen LogP contribution in [0.25, 0.3) is 10.8 Å². The molecule has 3 heterocycles. The maximum atomic E-state index is 14.0. The van der Waals surface area contributed by atoms with Crippen molar-refractivity contribution < 1.29 is 23.9 Å². The highest BCUT2D eigenvalue weighted by Gasteiger charge is 2.69. The number of nitrogens with one attached hydrogen (secondary N) is 2. The van der Waals surface area contributed by atoms with Gasteiger partial charge in [0.15, 0.2) is 6.04 Å². The van der Waals surface area contributed by atoms with Gasteiger partial charge in [-0.2, -0.15) is 10.2 Å². The zero-order chi connectivity index (χ0) is 28.2. The Morgan fingerprint density at radius 1 is 1.12 bits per heavy atom. The highest BCUT2D eigenvalue weighted by atomic mass is 16.5. The minimum atomic E-state index is -1.21. The minimum absolute atomic E-state index is 0.0657. The van der Waals surface area contributed by atoms with Crippen molar-refractivity contribution in [3.63, 3.8) is 0 Å². The van der Waals surface area contributed by atoms with E-state index in [4.69, 9.17) is 10.5 Å². The fourth-order valence-corrected chi connectivity index (χ4v) is 6.72. The van der Waals surface area contributed by atoms with Gasteiger partial charge in [-0.05, 0) is 36.0 Å². The van der Waals surface area contributed by atoms with Crippen LogP contribution in [0.4, 0.5) is 0 Å². The fourth-order valence-electron chi connectivity index (χ4n) is 6.72. The van der Waals surface area contributed by atoms with Crippen molar-refractivity contribution in [1.29, 1.82) is 0 Å². The Morgan fingerprint density at radius 3 is 2.60 bits per heavy atom. The van der Waals surface area contributed by atoms with Gasteiger partial charge < -0.3 is 26.0 Å². The van der Waals surface area contributed by atoms with E-state index in [0.29, 0.717) is 43.9 Å². The van der Waals surface area contributed by atoms with Crippen LogP contribution < -0.4 is 16.4 Å². The number of fused-ring (bicyclic) bond motifs is 2. The van der Waals surface area contributed by atoms with Crippen molar-refractivity contribution in [2.75, 3.05) is 19.8 Å². The fraction of sp³-hybridized carbons (Fsp3) is 0.586. The molecule has 2 unspecified atom stereocenters. The van der Waals surface area contributed by atoms with Crippen LogP contribution in [-0.4, -0.2) is 70.6 Å². The summed E-state index contributed by atoms with van der Waals surface area (Å²) < 4.78 is 5.37. The molecule has 4 fully saturated rings. The number of hydrogen-bond acceptors (Lipinski definition) is 7. The first-order valence-electron chi connectivity index (χ1n) is 14.2. The molecule has 6 atom stereocenters. The molecule has 0 spiro atoms. The number of hydrogen-bond donors (Lipinski definition) is 3. The lowest BCUT2D eigenvalue weighted by atomic mass is 9.98. The normalized spacial score (nSPS) is 28.0. The van der Waals surface area contributed by atoms with Gasteiger partial charge in [0.2, 0.25) is 23.6 Å². The van der Waals surface area contributed by atoms with Crippen LogP contribution in [0.15, 0.2) is 30.5 Å². The molecule has 2 aliphatic heterocycles. The molecule has 2 saturated carbocycles. The molecule has 4 N–H and O–H groups in total. The highest BCUT2D eigenvalue weighted by Crippen LogP contribution is 2.65. The van der Waals surface area contributed by atoms with Crippen molar-refractivity contribution >= 4 is 34.4 Å². The second kappa shape index (κ2) is 10.1. The lowest BCUT2D eigenvalue weighted by Gasteiger charge is -2.34. The van der Waals surface area contributed by atoms with Crippen LogP contribution in [0, 0.1) is 29.1 Å². The Kier molecular flexibility index (Phi) is 6.72. The number of primary amides is 1. The largest absolute Gasteiger partial charge is 0.381 e. The van der Waals surface area contributed by atoms with E-state index in [0.717, 1.165) is 18.2 Å². The summed E-state index contributed by atoms with van der Waals surface area (Å²) in [7, 11) is 0. The first-order valence-corrected chi connectivity index (χ1v) is 14.2. The van der Waals surface area contributed by atoms with Gasteiger partial charge in [0, 0.05) is 23.9 Å². The smallest absolute Gasteiger partial charge is 0.246 e. The van der Waals surface area contributed by atoms with Gasteiger partial charge in [-0.3, -0.25) is 19.2 Å². The molecule has 4 amide bonds. The van der Waals surface area contributed by atoms with Crippen molar-refractivity contribution in [3.05, 3.63) is 36.2 Å². The van der Waals surface area contributed by atoms with Gasteiger partial charge in [-0.15, -0.1) is 0 Å². The van der Waals surface area contributed by atoms with E-state index in [2.05, 4.69) is 34.7 Å². The summed E-state index contributed by atoms with van der Waals surface area (Å²) in [6.07, 6.45) is 4.83. The maximum absolute atomic E-state index is 14.0. The quantitative estimate of drug-likeness (QED) is 0.423. The summed E-state index contributed by atoms with van der Waals surface area (Å²) in [5.74, 6) is -1.43. The molecule has 2 aromatic rings. The van der Waals surface area contributed by atoms with E-state index in [1.54, 1.807) is 17.2 Å². The third-order valence-corrected chi connectivity index (χ3v) is 9.38. The van der Waals surface area contributed by atoms with E-state index < -0.39 is 29.9 Å². The van der Waals surface area contributed by atoms with Crippen LogP contribution in [0.3, 0.4) is 0 Å². The predicted octanol–water partition coefficient (Wildman–Crippen LogP) is 1.08. The number of benzene rings is 1. The SMILES string of the molecule is CC1(C)[C@@H]2[C@@H](C(=O)NC(C(N)=O)c3nncc4ccccc34)N(C(=O)C(CC3CC3)NC(=O)[C@@H]3CCOC3)C[C@@H]21. The van der Waals surface area contributed by atoms with E-state index in [1.807, 2.05) is 18.2 Å². The van der Waals surface area contributed by atoms with E-state index in [9.17, 15) is 19.2 Å². The van der Waals surface area contributed by atoms with E-state index >= 15 is 0 Å². The van der Waals surface area contributed by atoms with Gasteiger partial charge in [-0.25, -0.2) is 0 Å². The average molecular weight is 549 g/mol. The Labute approximate surface area is 232 Å². The van der Waals surface area contributed by atoms with E-state index in [-0.39, 0.29) is 40.7 Å². The standard InChI is InChI=1S/C29H36N6O5/c1-29(2)19-13-35(28(39)20(11-15-7-8-15)32-26(37)17-9-10-40-14-17)24(21(19)29)27(38)33-23(25(30)36)22-18-6-4-3-5-16(18)12-31-34-22/h3-6,12,15,17,19-21,23-24H,7-11,13-14H2,1-2H3,(H2,30,36)(H,32,37)(H,33,38)/t17-,19+,20?,21+,23?,24+/m1/s1. The molecule has 0 bridgehead atoms. The summed E-state index contributed by atoms with van der Waals surface area (Å²) >= 11 is 0. The number of aromatic nitrogens is 2. The molecule has 212 valence electrons. The van der Waals surface area contributed by atoms with Crippen molar-refractivity contribution in [2.45, 2.75) is 57.7 Å². The number of nitrogens with two attached hydrogens (primary N) is 1. The average Bonchev–Trinajstić information content (AvgIpc) is 3.63. The molecule has 11 heteroatoms. The Morgan fingerprint density at radius 2 is 1.90 bits per heavy atom. The summed E-state index contributed by atoms with van der Waals surface area (Å²) in [5.41, 5.74) is 5.90. The molecule has 1 aromatic heterocycles. The predicted molar refractivity (Wildman–Crippen MR) is 144 cm³/mol. The van der Waals surface area contributed by atoms with Crippen molar-refractivity contribution in [1.82, 2.24) is 25.7 Å². The first kappa shape index (κ1) is 26.6. The topological polar surface area (TPSA) is 157 Å². The van der Waals surface area contributed by atoms with Gasteiger partial charge in [0.1, 0.15) is 17.8 Å². The van der Waals surface area contributed by atoms with Crippen LogP contribution in [0.1, 0.15) is 51.3 Å². The molecule has 1 aromatic carbocycles. The molecule has 40 heavy (non-hydrogen) atoms. The van der Waals surface area contributed by atoms with Gasteiger partial charge in [0.05, 0.1) is 18.7 Å².